The molecule has 0 saturated heterocycles. The minimum Gasteiger partial charge on any atom is -0.414 e. The minimum absolute atomic E-state index is 0.0615. The van der Waals surface area contributed by atoms with Crippen LogP contribution in [0.1, 0.15) is 52.5 Å². The molecule has 1 aromatic heterocycles. The molecule has 2 aromatic rings. The normalized spacial score (nSPS) is 21.5. The Morgan fingerprint density at radius 3 is 2.44 bits per heavy atom. The fourth-order valence-corrected chi connectivity index (χ4v) is 4.97. The van der Waals surface area contributed by atoms with Crippen LogP contribution in [-0.2, 0) is 4.43 Å². The maximum Gasteiger partial charge on any atom is 0.292 e. The van der Waals surface area contributed by atoms with Crippen LogP contribution in [0.15, 0.2) is 18.3 Å². The van der Waals surface area contributed by atoms with Gasteiger partial charge in [-0.25, -0.2) is 0 Å². The highest BCUT2D eigenvalue weighted by Crippen LogP contribution is 2.41. The van der Waals surface area contributed by atoms with Crippen LogP contribution in [0.3, 0.4) is 0 Å². The Labute approximate surface area is 161 Å². The molecule has 7 nitrogen and oxygen atoms in total. The number of nitrogen functional groups attached to an aromatic ring is 1. The van der Waals surface area contributed by atoms with Gasteiger partial charge in [-0.1, -0.05) is 20.8 Å². The maximum absolute atomic E-state index is 11.1. The number of hydrogen-bond donors (Lipinski definition) is 1. The number of nitro groups is 1. The lowest BCUT2D eigenvalue weighted by atomic mass is 9.93. The Bertz CT molecular complexity index is 848. The summed E-state index contributed by atoms with van der Waals surface area (Å²) in [5, 5.41) is 16.6. The molecule has 0 atom stereocenters. The number of nitrogens with zero attached hydrogens (tertiary/aromatic N) is 3. The lowest BCUT2D eigenvalue weighted by Gasteiger charge is -2.41. The van der Waals surface area contributed by atoms with Crippen LogP contribution in [0.2, 0.25) is 18.1 Å². The standard InChI is InChI=1S/C19H30N4O3Si/c1-19(2,3)27(4,5)26-15-8-6-14(7-9-15)22-17-11-16(20)18(23(24)25)10-13(17)12-21-22/h10-12,14-15H,6-9,20H2,1-5H3/t14-,15-. The van der Waals surface area contributed by atoms with Crippen LogP contribution in [-0.4, -0.2) is 29.1 Å². The lowest BCUT2D eigenvalue weighted by molar-refractivity contribution is -0.383. The smallest absolute Gasteiger partial charge is 0.292 e. The van der Waals surface area contributed by atoms with E-state index in [1.54, 1.807) is 12.3 Å². The van der Waals surface area contributed by atoms with Crippen molar-refractivity contribution in [1.82, 2.24) is 9.78 Å². The van der Waals surface area contributed by atoms with E-state index in [1.165, 1.54) is 6.07 Å². The Morgan fingerprint density at radius 2 is 1.89 bits per heavy atom. The van der Waals surface area contributed by atoms with Gasteiger partial charge in [-0.3, -0.25) is 14.8 Å². The Kier molecular flexibility index (Phi) is 5.07. The van der Waals surface area contributed by atoms with Gasteiger partial charge >= 0.3 is 0 Å². The summed E-state index contributed by atoms with van der Waals surface area (Å²) in [7, 11) is -1.75. The van der Waals surface area contributed by atoms with Crippen LogP contribution in [0, 0.1) is 10.1 Å². The summed E-state index contributed by atoms with van der Waals surface area (Å²) in [6.07, 6.45) is 6.03. The molecular formula is C19H30N4O3Si. The van der Waals surface area contributed by atoms with E-state index in [0.717, 1.165) is 36.6 Å². The maximum atomic E-state index is 11.1. The molecule has 27 heavy (non-hydrogen) atoms. The summed E-state index contributed by atoms with van der Waals surface area (Å²) in [6.45, 7) is 11.4. The average molecular weight is 391 g/mol. The zero-order chi connectivity index (χ0) is 20.0. The second-order valence-corrected chi connectivity index (χ2v) is 13.9. The predicted molar refractivity (Wildman–Crippen MR) is 110 cm³/mol. The van der Waals surface area contributed by atoms with Crippen LogP contribution >= 0.6 is 0 Å². The number of benzene rings is 1. The lowest BCUT2D eigenvalue weighted by Crippen LogP contribution is -2.44. The molecule has 0 amide bonds. The highest BCUT2D eigenvalue weighted by Gasteiger charge is 2.40. The van der Waals surface area contributed by atoms with E-state index in [-0.39, 0.29) is 22.5 Å². The molecule has 1 fully saturated rings. The fourth-order valence-electron chi connectivity index (χ4n) is 3.55. The van der Waals surface area contributed by atoms with Gasteiger partial charge in [-0.15, -0.1) is 0 Å². The first-order chi connectivity index (χ1) is 12.5. The van der Waals surface area contributed by atoms with Gasteiger partial charge in [0.25, 0.3) is 5.69 Å². The summed E-state index contributed by atoms with van der Waals surface area (Å²) in [5.74, 6) is 0. The van der Waals surface area contributed by atoms with Crippen molar-refractivity contribution in [2.45, 2.75) is 76.7 Å². The van der Waals surface area contributed by atoms with Gasteiger partial charge < -0.3 is 10.2 Å². The van der Waals surface area contributed by atoms with Gasteiger partial charge in [-0.05, 0) is 49.9 Å². The largest absolute Gasteiger partial charge is 0.414 e. The van der Waals surface area contributed by atoms with Crippen molar-refractivity contribution in [2.75, 3.05) is 5.73 Å². The van der Waals surface area contributed by atoms with Crippen molar-refractivity contribution in [3.63, 3.8) is 0 Å². The number of nitro benzene ring substituents is 1. The van der Waals surface area contributed by atoms with Crippen molar-refractivity contribution in [3.8, 4) is 0 Å². The molecule has 0 unspecified atom stereocenters. The van der Waals surface area contributed by atoms with Crippen LogP contribution < -0.4 is 5.73 Å². The van der Waals surface area contributed by atoms with E-state index in [9.17, 15) is 10.1 Å². The SMILES string of the molecule is CC(C)(C)[Si](C)(C)O[C@H]1CC[C@H](n2ncc3cc([N+](=O)[O-])c(N)cc32)CC1. The minimum atomic E-state index is -1.75. The van der Waals surface area contributed by atoms with E-state index in [4.69, 9.17) is 10.2 Å². The molecule has 0 radical (unpaired) electrons. The molecule has 0 spiro atoms. The van der Waals surface area contributed by atoms with Crippen molar-refractivity contribution >= 4 is 30.6 Å². The van der Waals surface area contributed by atoms with Gasteiger partial charge in [0, 0.05) is 17.6 Å². The third-order valence-corrected chi connectivity index (χ3v) is 10.7. The molecule has 2 N–H and O–H groups in total. The first-order valence-electron chi connectivity index (χ1n) is 9.58. The Balaban J connectivity index is 1.73. The molecule has 0 aliphatic heterocycles. The summed E-state index contributed by atoms with van der Waals surface area (Å²) < 4.78 is 8.56. The highest BCUT2D eigenvalue weighted by atomic mass is 28.4. The fraction of sp³-hybridized carbons (Fsp3) is 0.632. The molecule has 1 aliphatic carbocycles. The molecule has 8 heteroatoms. The summed E-state index contributed by atoms with van der Waals surface area (Å²) in [4.78, 5) is 10.6. The summed E-state index contributed by atoms with van der Waals surface area (Å²) in [5.41, 5.74) is 6.87. The van der Waals surface area contributed by atoms with Crippen molar-refractivity contribution < 1.29 is 9.35 Å². The van der Waals surface area contributed by atoms with Crippen LogP contribution in [0.4, 0.5) is 11.4 Å². The Morgan fingerprint density at radius 1 is 1.26 bits per heavy atom. The first kappa shape index (κ1) is 19.8. The van der Waals surface area contributed by atoms with E-state index in [1.807, 2.05) is 4.68 Å². The second kappa shape index (κ2) is 6.90. The highest BCUT2D eigenvalue weighted by molar-refractivity contribution is 6.74. The van der Waals surface area contributed by atoms with Crippen molar-refractivity contribution in [1.29, 1.82) is 0 Å². The van der Waals surface area contributed by atoms with E-state index < -0.39 is 13.2 Å². The molecule has 148 valence electrons. The van der Waals surface area contributed by atoms with Gasteiger partial charge in [-0.2, -0.15) is 5.10 Å². The van der Waals surface area contributed by atoms with Gasteiger partial charge in [0.1, 0.15) is 5.69 Å². The van der Waals surface area contributed by atoms with Crippen molar-refractivity contribution in [3.05, 3.63) is 28.4 Å². The second-order valence-electron chi connectivity index (χ2n) is 9.12. The molecule has 3 rings (SSSR count). The zero-order valence-corrected chi connectivity index (χ0v) is 17.9. The number of hydrogen-bond acceptors (Lipinski definition) is 5. The summed E-state index contributed by atoms with van der Waals surface area (Å²) >= 11 is 0. The third kappa shape index (κ3) is 3.86. The van der Waals surface area contributed by atoms with Gasteiger partial charge in [0.05, 0.1) is 22.7 Å². The first-order valence-corrected chi connectivity index (χ1v) is 12.5. The number of nitrogens with two attached hydrogens (primary N) is 1. The number of aromatic nitrogens is 2. The molecule has 1 aromatic carbocycles. The van der Waals surface area contributed by atoms with E-state index >= 15 is 0 Å². The van der Waals surface area contributed by atoms with Crippen LogP contribution in [0.25, 0.3) is 10.9 Å². The van der Waals surface area contributed by atoms with Crippen LogP contribution in [0.5, 0.6) is 0 Å². The molecule has 0 bridgehead atoms. The number of anilines is 1. The topological polar surface area (TPSA) is 96.2 Å². The Hall–Kier alpha value is -1.93. The average Bonchev–Trinajstić information content (AvgIpc) is 2.96. The zero-order valence-electron chi connectivity index (χ0n) is 16.9. The predicted octanol–water partition coefficient (Wildman–Crippen LogP) is 5.03. The quantitative estimate of drug-likeness (QED) is 0.342. The molecule has 1 aliphatic rings. The van der Waals surface area contributed by atoms with E-state index in [2.05, 4.69) is 39.0 Å². The number of rotatable bonds is 4. The number of fused-ring (bicyclic) bond motifs is 1. The molecule has 1 heterocycles. The van der Waals surface area contributed by atoms with Crippen molar-refractivity contribution in [2.24, 2.45) is 0 Å². The third-order valence-electron chi connectivity index (χ3n) is 6.20. The molecular weight excluding hydrogens is 360 g/mol. The van der Waals surface area contributed by atoms with Gasteiger partial charge in [0.2, 0.25) is 0 Å². The monoisotopic (exact) mass is 390 g/mol. The molecule has 1 saturated carbocycles. The van der Waals surface area contributed by atoms with E-state index in [0.29, 0.717) is 6.10 Å². The summed E-state index contributed by atoms with van der Waals surface area (Å²) in [6, 6.07) is 3.47. The van der Waals surface area contributed by atoms with Gasteiger partial charge in [0.15, 0.2) is 8.32 Å².